The highest BCUT2D eigenvalue weighted by molar-refractivity contribution is 7.26. The minimum absolute atomic E-state index is 0.686. The van der Waals surface area contributed by atoms with E-state index >= 15 is 0 Å². The molecule has 2 nitrogen and oxygen atoms in total. The van der Waals surface area contributed by atoms with E-state index in [4.69, 9.17) is 16.0 Å². The zero-order valence-electron chi connectivity index (χ0n) is 18.0. The summed E-state index contributed by atoms with van der Waals surface area (Å²) in [5, 5.41) is 9.09. The summed E-state index contributed by atoms with van der Waals surface area (Å²) in [5.41, 5.74) is 5.94. The Morgan fingerprint density at radius 2 is 1.41 bits per heavy atom. The van der Waals surface area contributed by atoms with Gasteiger partial charge in [-0.2, -0.15) is 0 Å². The molecule has 1 N–H and O–H groups in total. The van der Waals surface area contributed by atoms with E-state index in [1.165, 1.54) is 20.2 Å². The van der Waals surface area contributed by atoms with Crippen LogP contribution in [-0.4, -0.2) is 0 Å². The minimum Gasteiger partial charge on any atom is -0.456 e. The lowest BCUT2D eigenvalue weighted by molar-refractivity contribution is 0.669. The van der Waals surface area contributed by atoms with Gasteiger partial charge in [0.15, 0.2) is 0 Å². The van der Waals surface area contributed by atoms with Gasteiger partial charge in [0.25, 0.3) is 0 Å². The number of fused-ring (bicyclic) bond motifs is 6. The summed E-state index contributed by atoms with van der Waals surface area (Å²) >= 11 is 8.48. The van der Waals surface area contributed by atoms with Crippen LogP contribution in [0.3, 0.4) is 0 Å². The molecule has 0 radical (unpaired) electrons. The first kappa shape index (κ1) is 19.7. The number of halogens is 1. The topological polar surface area (TPSA) is 25.2 Å². The molecule has 0 atom stereocenters. The van der Waals surface area contributed by atoms with Gasteiger partial charge >= 0.3 is 0 Å². The van der Waals surface area contributed by atoms with Crippen molar-refractivity contribution in [1.29, 1.82) is 0 Å². The Hall–Kier alpha value is -3.79. The number of benzene rings is 5. The van der Waals surface area contributed by atoms with Crippen LogP contribution >= 0.6 is 22.9 Å². The maximum absolute atomic E-state index is 6.68. The van der Waals surface area contributed by atoms with Crippen molar-refractivity contribution in [3.8, 4) is 11.1 Å². The normalized spacial score (nSPS) is 11.7. The molecular weight excluding hydrogens is 458 g/mol. The van der Waals surface area contributed by atoms with Crippen molar-refractivity contribution in [2.75, 3.05) is 5.32 Å². The third kappa shape index (κ3) is 3.02. The van der Waals surface area contributed by atoms with Gasteiger partial charge in [0.05, 0.1) is 21.1 Å². The standard InChI is InChI=1S/C30H18ClNOS/c31-23-16-15-18(19-9-6-13-27-29(19)22-8-1-3-12-26(22)33-27)17-25(23)32-24-11-5-10-21-20-7-2-4-14-28(20)34-30(21)24/h1-17,32H. The van der Waals surface area contributed by atoms with Crippen molar-refractivity contribution in [2.24, 2.45) is 0 Å². The van der Waals surface area contributed by atoms with Gasteiger partial charge < -0.3 is 9.73 Å². The molecule has 7 rings (SSSR count). The molecule has 0 unspecified atom stereocenters. The predicted octanol–water partition coefficient (Wildman–Crippen LogP) is 10.0. The second-order valence-corrected chi connectivity index (χ2v) is 9.84. The molecule has 162 valence electrons. The van der Waals surface area contributed by atoms with Crippen LogP contribution in [0.25, 0.3) is 53.2 Å². The molecule has 0 amide bonds. The smallest absolute Gasteiger partial charge is 0.136 e. The van der Waals surface area contributed by atoms with Crippen LogP contribution in [0, 0.1) is 0 Å². The third-order valence-corrected chi connectivity index (χ3v) is 7.90. The summed E-state index contributed by atoms with van der Waals surface area (Å²) in [7, 11) is 0. The van der Waals surface area contributed by atoms with Crippen LogP contribution in [0.15, 0.2) is 108 Å². The molecule has 2 aromatic heterocycles. The Kier molecular flexibility index (Phi) is 4.41. The highest BCUT2D eigenvalue weighted by Gasteiger charge is 2.14. The fourth-order valence-corrected chi connectivity index (χ4v) is 6.13. The molecule has 5 aromatic carbocycles. The third-order valence-electron chi connectivity index (χ3n) is 6.35. The largest absolute Gasteiger partial charge is 0.456 e. The maximum Gasteiger partial charge on any atom is 0.136 e. The first-order valence-corrected chi connectivity index (χ1v) is 12.3. The zero-order valence-corrected chi connectivity index (χ0v) is 19.6. The first-order valence-electron chi connectivity index (χ1n) is 11.1. The van der Waals surface area contributed by atoms with Crippen LogP contribution in [0.5, 0.6) is 0 Å². The number of furan rings is 1. The van der Waals surface area contributed by atoms with E-state index in [0.29, 0.717) is 5.02 Å². The van der Waals surface area contributed by atoms with Crippen molar-refractivity contribution in [3.63, 3.8) is 0 Å². The van der Waals surface area contributed by atoms with Crippen LogP contribution in [-0.2, 0) is 0 Å². The number of thiophene rings is 1. The van der Waals surface area contributed by atoms with E-state index in [2.05, 4.69) is 78.1 Å². The summed E-state index contributed by atoms with van der Waals surface area (Å²) < 4.78 is 8.61. The van der Waals surface area contributed by atoms with Crippen molar-refractivity contribution in [3.05, 3.63) is 108 Å². The van der Waals surface area contributed by atoms with E-state index in [9.17, 15) is 0 Å². The van der Waals surface area contributed by atoms with E-state index in [1.54, 1.807) is 11.3 Å². The number of nitrogens with one attached hydrogen (secondary N) is 1. The lowest BCUT2D eigenvalue weighted by Crippen LogP contribution is -1.92. The van der Waals surface area contributed by atoms with Crippen LogP contribution < -0.4 is 5.32 Å². The lowest BCUT2D eigenvalue weighted by atomic mass is 9.99. The fraction of sp³-hybridized carbons (Fsp3) is 0. The van der Waals surface area contributed by atoms with Crippen molar-refractivity contribution in [1.82, 2.24) is 0 Å². The van der Waals surface area contributed by atoms with Gasteiger partial charge in [-0.1, -0.05) is 78.3 Å². The highest BCUT2D eigenvalue weighted by Crippen LogP contribution is 2.42. The number of hydrogen-bond donors (Lipinski definition) is 1. The molecule has 0 saturated carbocycles. The molecular formula is C30H18ClNOS. The molecule has 34 heavy (non-hydrogen) atoms. The molecule has 0 bridgehead atoms. The predicted molar refractivity (Wildman–Crippen MR) is 147 cm³/mol. The molecule has 0 spiro atoms. The zero-order chi connectivity index (χ0) is 22.6. The second-order valence-electron chi connectivity index (χ2n) is 8.38. The Bertz CT molecular complexity index is 1860. The van der Waals surface area contributed by atoms with E-state index in [-0.39, 0.29) is 0 Å². The SMILES string of the molecule is Clc1ccc(-c2cccc3oc4ccccc4c23)cc1Nc1cccc2c1sc1ccccc12. The Labute approximate surface area is 205 Å². The van der Waals surface area contributed by atoms with Gasteiger partial charge in [0.1, 0.15) is 11.2 Å². The Morgan fingerprint density at radius 3 is 2.35 bits per heavy atom. The van der Waals surface area contributed by atoms with Crippen molar-refractivity contribution >= 4 is 76.4 Å². The Balaban J connectivity index is 1.38. The number of anilines is 2. The lowest BCUT2D eigenvalue weighted by Gasteiger charge is -2.12. The van der Waals surface area contributed by atoms with Gasteiger partial charge in [-0.05, 0) is 47.5 Å². The number of hydrogen-bond acceptors (Lipinski definition) is 3. The minimum atomic E-state index is 0.686. The van der Waals surface area contributed by atoms with Crippen LogP contribution in [0.1, 0.15) is 0 Å². The first-order chi connectivity index (χ1) is 16.8. The average Bonchev–Trinajstić information content (AvgIpc) is 3.44. The summed E-state index contributed by atoms with van der Waals surface area (Å²) in [5.74, 6) is 0. The average molecular weight is 476 g/mol. The van der Waals surface area contributed by atoms with Crippen LogP contribution in [0.2, 0.25) is 5.02 Å². The van der Waals surface area contributed by atoms with E-state index in [0.717, 1.165) is 44.4 Å². The van der Waals surface area contributed by atoms with Crippen molar-refractivity contribution in [2.45, 2.75) is 0 Å². The van der Waals surface area contributed by atoms with Gasteiger partial charge in [-0.3, -0.25) is 0 Å². The molecule has 0 aliphatic rings. The quantitative estimate of drug-likeness (QED) is 0.275. The summed E-state index contributed by atoms with van der Waals surface area (Å²) in [4.78, 5) is 0. The van der Waals surface area contributed by atoms with Crippen LogP contribution in [0.4, 0.5) is 11.4 Å². The highest BCUT2D eigenvalue weighted by atomic mass is 35.5. The molecule has 2 heterocycles. The summed E-state index contributed by atoms with van der Waals surface area (Å²) in [6, 6.07) is 35.5. The monoisotopic (exact) mass is 475 g/mol. The number of rotatable bonds is 3. The second kappa shape index (κ2) is 7.63. The molecule has 7 aromatic rings. The fourth-order valence-electron chi connectivity index (χ4n) is 4.79. The van der Waals surface area contributed by atoms with Gasteiger partial charge in [0.2, 0.25) is 0 Å². The summed E-state index contributed by atoms with van der Waals surface area (Å²) in [6.45, 7) is 0. The van der Waals surface area contributed by atoms with Gasteiger partial charge in [0, 0.05) is 26.2 Å². The van der Waals surface area contributed by atoms with E-state index < -0.39 is 0 Å². The summed E-state index contributed by atoms with van der Waals surface area (Å²) in [6.07, 6.45) is 0. The molecule has 0 aliphatic heterocycles. The Morgan fingerprint density at radius 1 is 0.647 bits per heavy atom. The molecule has 0 saturated heterocycles. The number of para-hydroxylation sites is 1. The molecule has 0 aliphatic carbocycles. The maximum atomic E-state index is 6.68. The van der Waals surface area contributed by atoms with E-state index in [1.807, 2.05) is 30.3 Å². The van der Waals surface area contributed by atoms with Gasteiger partial charge in [-0.15, -0.1) is 11.3 Å². The molecule has 0 fully saturated rings. The van der Waals surface area contributed by atoms with Crippen molar-refractivity contribution < 1.29 is 4.42 Å². The molecule has 4 heteroatoms. The van der Waals surface area contributed by atoms with Gasteiger partial charge in [-0.25, -0.2) is 0 Å².